The Hall–Kier alpha value is -0.570. The van der Waals surface area contributed by atoms with E-state index in [0.717, 1.165) is 36.6 Å². The van der Waals surface area contributed by atoms with E-state index in [2.05, 4.69) is 36.3 Å². The number of likely N-dealkylation sites (N-methyl/N-ethyl adjacent to an activating group) is 1. The molecular weight excluding hydrogens is 268 g/mol. The normalized spacial score (nSPS) is 23.2. The molecule has 0 bridgehead atoms. The summed E-state index contributed by atoms with van der Waals surface area (Å²) in [6.07, 6.45) is 5.48. The van der Waals surface area contributed by atoms with Crippen LogP contribution in [0, 0.1) is 5.92 Å². The predicted octanol–water partition coefficient (Wildman–Crippen LogP) is 3.94. The first-order chi connectivity index (χ1) is 9.65. The lowest BCUT2D eigenvalue weighted by molar-refractivity contribution is 0.274. The van der Waals surface area contributed by atoms with Gasteiger partial charge in [0.05, 0.1) is 0 Å². The van der Waals surface area contributed by atoms with Crippen LogP contribution >= 0.6 is 11.6 Å². The number of halogens is 1. The van der Waals surface area contributed by atoms with Gasteiger partial charge in [-0.3, -0.25) is 0 Å². The summed E-state index contributed by atoms with van der Waals surface area (Å²) in [6, 6.07) is 8.84. The summed E-state index contributed by atoms with van der Waals surface area (Å²) in [5.74, 6) is 0.891. The van der Waals surface area contributed by atoms with E-state index in [-0.39, 0.29) is 0 Å². The summed E-state index contributed by atoms with van der Waals surface area (Å²) in [7, 11) is 2.16. The van der Waals surface area contributed by atoms with Gasteiger partial charge in [0, 0.05) is 30.7 Å². The van der Waals surface area contributed by atoms with Crippen LogP contribution in [0.15, 0.2) is 24.3 Å². The van der Waals surface area contributed by atoms with Gasteiger partial charge in [0.15, 0.2) is 0 Å². The highest BCUT2D eigenvalue weighted by Crippen LogP contribution is 2.23. The third-order valence-electron chi connectivity index (χ3n) is 4.26. The average Bonchev–Trinajstić information content (AvgIpc) is 2.41. The predicted molar refractivity (Wildman–Crippen MR) is 87.2 cm³/mol. The van der Waals surface area contributed by atoms with Crippen LogP contribution in [0.4, 0.5) is 0 Å². The van der Waals surface area contributed by atoms with Gasteiger partial charge >= 0.3 is 0 Å². The van der Waals surface area contributed by atoms with Crippen molar-refractivity contribution in [1.29, 1.82) is 0 Å². The number of nitrogens with zero attached hydrogens (tertiary/aromatic N) is 1. The smallest absolute Gasteiger partial charge is 0.0451 e. The first-order valence-corrected chi connectivity index (χ1v) is 8.18. The molecular formula is C17H27ClN2. The molecule has 2 nitrogen and oxygen atoms in total. The zero-order valence-corrected chi connectivity index (χ0v) is 13.5. The topological polar surface area (TPSA) is 15.3 Å². The second-order valence-electron chi connectivity index (χ2n) is 6.25. The number of rotatable bonds is 6. The minimum absolute atomic E-state index is 0.729. The molecule has 1 aliphatic rings. The lowest BCUT2D eigenvalue weighted by Crippen LogP contribution is -2.38. The van der Waals surface area contributed by atoms with Crippen LogP contribution < -0.4 is 5.32 Å². The van der Waals surface area contributed by atoms with Gasteiger partial charge in [-0.2, -0.15) is 0 Å². The van der Waals surface area contributed by atoms with Crippen molar-refractivity contribution in [3.8, 4) is 0 Å². The molecule has 2 atom stereocenters. The van der Waals surface area contributed by atoms with Crippen LogP contribution in [0.2, 0.25) is 5.02 Å². The van der Waals surface area contributed by atoms with Gasteiger partial charge in [-0.25, -0.2) is 0 Å². The van der Waals surface area contributed by atoms with Crippen LogP contribution in [0.5, 0.6) is 0 Å². The molecule has 2 unspecified atom stereocenters. The monoisotopic (exact) mass is 294 g/mol. The van der Waals surface area contributed by atoms with Gasteiger partial charge in [-0.1, -0.05) is 49.6 Å². The number of benzene rings is 1. The Morgan fingerprint density at radius 1 is 1.30 bits per heavy atom. The molecule has 0 heterocycles. The molecule has 0 amide bonds. The number of hydrogen-bond donors (Lipinski definition) is 1. The van der Waals surface area contributed by atoms with E-state index < -0.39 is 0 Å². The SMILES string of the molecule is CC1CCCC(NCCN(C)Cc2ccccc2Cl)C1. The molecule has 2 rings (SSSR count). The van der Waals surface area contributed by atoms with E-state index in [4.69, 9.17) is 11.6 Å². The maximum Gasteiger partial charge on any atom is 0.0451 e. The van der Waals surface area contributed by atoms with Crippen molar-refractivity contribution in [1.82, 2.24) is 10.2 Å². The highest BCUT2D eigenvalue weighted by atomic mass is 35.5. The van der Waals surface area contributed by atoms with E-state index in [1.807, 2.05) is 12.1 Å². The molecule has 1 N–H and O–H groups in total. The summed E-state index contributed by atoms with van der Waals surface area (Å²) in [4.78, 5) is 2.33. The highest BCUT2D eigenvalue weighted by molar-refractivity contribution is 6.31. The Morgan fingerprint density at radius 2 is 2.10 bits per heavy atom. The molecule has 1 aromatic rings. The fourth-order valence-electron chi connectivity index (χ4n) is 3.08. The third-order valence-corrected chi connectivity index (χ3v) is 4.63. The molecule has 1 aromatic carbocycles. The summed E-state index contributed by atoms with van der Waals surface area (Å²) < 4.78 is 0. The maximum absolute atomic E-state index is 6.20. The molecule has 1 aliphatic carbocycles. The Kier molecular flexibility index (Phi) is 6.34. The molecule has 0 saturated heterocycles. The van der Waals surface area contributed by atoms with Crippen molar-refractivity contribution in [2.75, 3.05) is 20.1 Å². The van der Waals surface area contributed by atoms with Crippen molar-refractivity contribution in [2.45, 2.75) is 45.2 Å². The summed E-state index contributed by atoms with van der Waals surface area (Å²) in [5.41, 5.74) is 1.21. The standard InChI is InChI=1S/C17H27ClN2/c1-14-6-5-8-16(12-14)19-10-11-20(2)13-15-7-3-4-9-17(15)18/h3-4,7,9,14,16,19H,5-6,8,10-13H2,1-2H3. The van der Waals surface area contributed by atoms with E-state index in [0.29, 0.717) is 0 Å². The van der Waals surface area contributed by atoms with Crippen LogP contribution in [0.1, 0.15) is 38.2 Å². The van der Waals surface area contributed by atoms with E-state index in [1.54, 1.807) is 0 Å². The lowest BCUT2D eigenvalue weighted by atomic mass is 9.87. The Morgan fingerprint density at radius 3 is 2.85 bits per heavy atom. The van der Waals surface area contributed by atoms with E-state index in [1.165, 1.54) is 31.2 Å². The molecule has 1 saturated carbocycles. The molecule has 112 valence electrons. The van der Waals surface area contributed by atoms with Crippen molar-refractivity contribution < 1.29 is 0 Å². The lowest BCUT2D eigenvalue weighted by Gasteiger charge is -2.28. The molecule has 0 spiro atoms. The van der Waals surface area contributed by atoms with Gasteiger partial charge in [0.2, 0.25) is 0 Å². The van der Waals surface area contributed by atoms with Crippen LogP contribution in [0.25, 0.3) is 0 Å². The van der Waals surface area contributed by atoms with Crippen molar-refractivity contribution in [3.63, 3.8) is 0 Å². The molecule has 0 aromatic heterocycles. The van der Waals surface area contributed by atoms with Crippen molar-refractivity contribution in [2.24, 2.45) is 5.92 Å². The summed E-state index contributed by atoms with van der Waals surface area (Å²) in [6.45, 7) is 5.42. The highest BCUT2D eigenvalue weighted by Gasteiger charge is 2.17. The van der Waals surface area contributed by atoms with Crippen LogP contribution in [-0.4, -0.2) is 31.1 Å². The van der Waals surface area contributed by atoms with Crippen molar-refractivity contribution in [3.05, 3.63) is 34.9 Å². The van der Waals surface area contributed by atoms with Gasteiger partial charge in [0.25, 0.3) is 0 Å². The average molecular weight is 295 g/mol. The first-order valence-electron chi connectivity index (χ1n) is 7.80. The minimum Gasteiger partial charge on any atom is -0.313 e. The quantitative estimate of drug-likeness (QED) is 0.855. The first kappa shape index (κ1) is 15.8. The van der Waals surface area contributed by atoms with E-state index >= 15 is 0 Å². The Labute approximate surface area is 128 Å². The molecule has 3 heteroatoms. The molecule has 0 aliphatic heterocycles. The fourth-order valence-corrected chi connectivity index (χ4v) is 3.27. The van der Waals surface area contributed by atoms with Crippen molar-refractivity contribution >= 4 is 11.6 Å². The van der Waals surface area contributed by atoms with E-state index in [9.17, 15) is 0 Å². The summed E-state index contributed by atoms with van der Waals surface area (Å²) >= 11 is 6.20. The number of nitrogens with one attached hydrogen (secondary N) is 1. The maximum atomic E-state index is 6.20. The largest absolute Gasteiger partial charge is 0.313 e. The minimum atomic E-state index is 0.729. The Balaban J connectivity index is 1.67. The second kappa shape index (κ2) is 8.02. The molecule has 20 heavy (non-hydrogen) atoms. The van der Waals surface area contributed by atoms with Crippen LogP contribution in [0.3, 0.4) is 0 Å². The van der Waals surface area contributed by atoms with Gasteiger partial charge in [-0.15, -0.1) is 0 Å². The van der Waals surface area contributed by atoms with Gasteiger partial charge in [0.1, 0.15) is 0 Å². The number of hydrogen-bond acceptors (Lipinski definition) is 2. The zero-order chi connectivity index (χ0) is 14.4. The third kappa shape index (κ3) is 5.08. The fraction of sp³-hybridized carbons (Fsp3) is 0.647. The zero-order valence-electron chi connectivity index (χ0n) is 12.7. The molecule has 1 fully saturated rings. The van der Waals surface area contributed by atoms with Gasteiger partial charge in [-0.05, 0) is 37.4 Å². The second-order valence-corrected chi connectivity index (χ2v) is 6.66. The van der Waals surface area contributed by atoms with Crippen LogP contribution in [-0.2, 0) is 6.54 Å². The van der Waals surface area contributed by atoms with Gasteiger partial charge < -0.3 is 10.2 Å². The Bertz CT molecular complexity index is 408. The molecule has 0 radical (unpaired) electrons. The summed E-state index contributed by atoms with van der Waals surface area (Å²) in [5, 5.41) is 4.58.